The summed E-state index contributed by atoms with van der Waals surface area (Å²) in [6.07, 6.45) is 4.17. The van der Waals surface area contributed by atoms with Crippen molar-refractivity contribution in [1.82, 2.24) is 9.71 Å². The summed E-state index contributed by atoms with van der Waals surface area (Å²) in [4.78, 5) is 6.38. The van der Waals surface area contributed by atoms with Gasteiger partial charge in [0.1, 0.15) is 0 Å². The Morgan fingerprint density at radius 2 is 2.13 bits per heavy atom. The molecular formula is C16H19N3O2S2. The van der Waals surface area contributed by atoms with Gasteiger partial charge in [-0.05, 0) is 25.0 Å². The Hall–Kier alpha value is -1.70. The van der Waals surface area contributed by atoms with Gasteiger partial charge in [-0.2, -0.15) is 0 Å². The van der Waals surface area contributed by atoms with Crippen LogP contribution < -0.4 is 9.62 Å². The standard InChI is InChI=1S/C16H19N3O2S2/c1-13-2-4-14(5-3-13)7-11-23(20,21)18-15-6-9-19(12-15)16-17-8-10-22-16/h2-5,7-8,10-11,15,18H,6,9,12H2,1H3. The number of aryl methyl sites for hydroxylation is 1. The summed E-state index contributed by atoms with van der Waals surface area (Å²) in [6, 6.07) is 7.65. The van der Waals surface area contributed by atoms with Crippen LogP contribution in [-0.2, 0) is 10.0 Å². The number of rotatable bonds is 5. The van der Waals surface area contributed by atoms with E-state index in [1.54, 1.807) is 23.6 Å². The van der Waals surface area contributed by atoms with Gasteiger partial charge in [0.2, 0.25) is 10.0 Å². The predicted octanol–water partition coefficient (Wildman–Crippen LogP) is 2.62. The monoisotopic (exact) mass is 349 g/mol. The maximum Gasteiger partial charge on any atom is 0.234 e. The number of hydrogen-bond acceptors (Lipinski definition) is 5. The summed E-state index contributed by atoms with van der Waals surface area (Å²) >= 11 is 1.57. The highest BCUT2D eigenvalue weighted by atomic mass is 32.2. The van der Waals surface area contributed by atoms with Gasteiger partial charge in [-0.15, -0.1) is 11.3 Å². The minimum atomic E-state index is -3.44. The van der Waals surface area contributed by atoms with Crippen LogP contribution in [0.2, 0.25) is 0 Å². The summed E-state index contributed by atoms with van der Waals surface area (Å²) in [5.74, 6) is 0. The number of aromatic nitrogens is 1. The van der Waals surface area contributed by atoms with Crippen molar-refractivity contribution >= 4 is 32.6 Å². The lowest BCUT2D eigenvalue weighted by Crippen LogP contribution is -2.35. The van der Waals surface area contributed by atoms with E-state index in [1.165, 1.54) is 5.41 Å². The summed E-state index contributed by atoms with van der Waals surface area (Å²) in [5, 5.41) is 4.11. The fourth-order valence-electron chi connectivity index (χ4n) is 2.52. The van der Waals surface area contributed by atoms with Crippen LogP contribution in [0, 0.1) is 6.92 Å². The van der Waals surface area contributed by atoms with Gasteiger partial charge in [0.05, 0.1) is 0 Å². The molecule has 0 aliphatic carbocycles. The second kappa shape index (κ2) is 6.82. The minimum absolute atomic E-state index is 0.0773. The van der Waals surface area contributed by atoms with Crippen LogP contribution in [0.15, 0.2) is 41.3 Å². The summed E-state index contributed by atoms with van der Waals surface area (Å²) in [7, 11) is -3.44. The van der Waals surface area contributed by atoms with E-state index < -0.39 is 10.0 Å². The summed E-state index contributed by atoms with van der Waals surface area (Å²) in [6.45, 7) is 3.48. The molecule has 1 saturated heterocycles. The fourth-order valence-corrected chi connectivity index (χ4v) is 4.27. The summed E-state index contributed by atoms with van der Waals surface area (Å²) in [5.41, 5.74) is 2.02. The van der Waals surface area contributed by atoms with E-state index in [0.717, 1.165) is 29.2 Å². The lowest BCUT2D eigenvalue weighted by molar-refractivity contribution is 0.570. The number of thiazole rings is 1. The topological polar surface area (TPSA) is 62.3 Å². The molecule has 3 rings (SSSR count). The molecule has 0 saturated carbocycles. The zero-order chi connectivity index (χ0) is 16.3. The van der Waals surface area contributed by atoms with Gasteiger partial charge in [0, 0.05) is 36.1 Å². The van der Waals surface area contributed by atoms with Crippen LogP contribution in [0.1, 0.15) is 17.5 Å². The molecule has 0 radical (unpaired) electrons. The Morgan fingerprint density at radius 1 is 1.35 bits per heavy atom. The first-order valence-corrected chi connectivity index (χ1v) is 9.86. The van der Waals surface area contributed by atoms with Crippen LogP contribution in [0.3, 0.4) is 0 Å². The van der Waals surface area contributed by atoms with Gasteiger partial charge in [0.15, 0.2) is 5.13 Å². The SMILES string of the molecule is Cc1ccc(C=CS(=O)(=O)NC2CCN(c3nccs3)C2)cc1. The number of nitrogens with one attached hydrogen (secondary N) is 1. The number of anilines is 1. The van der Waals surface area contributed by atoms with Crippen molar-refractivity contribution in [2.24, 2.45) is 0 Å². The third-order valence-electron chi connectivity index (χ3n) is 3.73. The second-order valence-corrected chi connectivity index (χ2v) is 8.09. The van der Waals surface area contributed by atoms with Crippen molar-refractivity contribution in [1.29, 1.82) is 0 Å². The van der Waals surface area contributed by atoms with Crippen molar-refractivity contribution in [3.8, 4) is 0 Å². The van der Waals surface area contributed by atoms with Crippen molar-refractivity contribution in [3.63, 3.8) is 0 Å². The molecule has 5 nitrogen and oxygen atoms in total. The third kappa shape index (κ3) is 4.40. The molecule has 2 heterocycles. The highest BCUT2D eigenvalue weighted by Gasteiger charge is 2.26. The Kier molecular flexibility index (Phi) is 4.79. The lowest BCUT2D eigenvalue weighted by Gasteiger charge is -2.15. The van der Waals surface area contributed by atoms with E-state index in [4.69, 9.17) is 0 Å². The zero-order valence-electron chi connectivity index (χ0n) is 12.8. The lowest BCUT2D eigenvalue weighted by atomic mass is 10.2. The van der Waals surface area contributed by atoms with Crippen molar-refractivity contribution in [3.05, 3.63) is 52.4 Å². The number of benzene rings is 1. The van der Waals surface area contributed by atoms with Gasteiger partial charge < -0.3 is 4.90 Å². The Labute approximate surface area is 140 Å². The predicted molar refractivity (Wildman–Crippen MR) is 95.0 cm³/mol. The molecular weight excluding hydrogens is 330 g/mol. The van der Waals surface area contributed by atoms with Gasteiger partial charge in [-0.1, -0.05) is 29.8 Å². The maximum atomic E-state index is 12.2. The van der Waals surface area contributed by atoms with E-state index in [9.17, 15) is 8.42 Å². The Balaban J connectivity index is 1.59. The van der Waals surface area contributed by atoms with E-state index in [0.29, 0.717) is 6.54 Å². The molecule has 0 spiro atoms. The van der Waals surface area contributed by atoms with Crippen LogP contribution in [0.4, 0.5) is 5.13 Å². The molecule has 1 aromatic carbocycles. The maximum absolute atomic E-state index is 12.2. The molecule has 0 bridgehead atoms. The largest absolute Gasteiger partial charge is 0.346 e. The number of nitrogens with zero attached hydrogens (tertiary/aromatic N) is 2. The highest BCUT2D eigenvalue weighted by Crippen LogP contribution is 2.22. The molecule has 2 aromatic rings. The minimum Gasteiger partial charge on any atom is -0.346 e. The molecule has 23 heavy (non-hydrogen) atoms. The first-order chi connectivity index (χ1) is 11.0. The Bertz CT molecular complexity index is 768. The molecule has 1 fully saturated rings. The molecule has 1 aliphatic rings. The molecule has 1 atom stereocenters. The summed E-state index contributed by atoms with van der Waals surface area (Å²) < 4.78 is 27.1. The molecule has 7 heteroatoms. The number of sulfonamides is 1. The van der Waals surface area contributed by atoms with E-state index in [2.05, 4.69) is 14.6 Å². The molecule has 1 aromatic heterocycles. The van der Waals surface area contributed by atoms with Crippen LogP contribution >= 0.6 is 11.3 Å². The van der Waals surface area contributed by atoms with Crippen molar-refractivity contribution in [2.45, 2.75) is 19.4 Å². The third-order valence-corrected chi connectivity index (χ3v) is 5.71. The van der Waals surface area contributed by atoms with Crippen molar-refractivity contribution in [2.75, 3.05) is 18.0 Å². The quantitative estimate of drug-likeness (QED) is 0.901. The fraction of sp³-hybridized carbons (Fsp3) is 0.312. The van der Waals surface area contributed by atoms with E-state index in [1.807, 2.05) is 36.6 Å². The second-order valence-electron chi connectivity index (χ2n) is 5.62. The molecule has 0 amide bonds. The average Bonchev–Trinajstić information content (AvgIpc) is 3.17. The van der Waals surface area contributed by atoms with Crippen LogP contribution in [0.5, 0.6) is 0 Å². The van der Waals surface area contributed by atoms with E-state index in [-0.39, 0.29) is 6.04 Å². The van der Waals surface area contributed by atoms with Crippen LogP contribution in [0.25, 0.3) is 6.08 Å². The molecule has 122 valence electrons. The first-order valence-electron chi connectivity index (χ1n) is 7.43. The zero-order valence-corrected chi connectivity index (χ0v) is 14.5. The van der Waals surface area contributed by atoms with Gasteiger partial charge >= 0.3 is 0 Å². The Morgan fingerprint density at radius 3 is 2.83 bits per heavy atom. The first kappa shape index (κ1) is 16.2. The number of hydrogen-bond donors (Lipinski definition) is 1. The highest BCUT2D eigenvalue weighted by molar-refractivity contribution is 7.92. The normalized spacial score (nSPS) is 18.8. The molecule has 1 N–H and O–H groups in total. The van der Waals surface area contributed by atoms with Gasteiger partial charge in [-0.25, -0.2) is 18.1 Å². The van der Waals surface area contributed by atoms with Gasteiger partial charge in [0.25, 0.3) is 0 Å². The average molecular weight is 349 g/mol. The molecule has 1 aliphatic heterocycles. The smallest absolute Gasteiger partial charge is 0.234 e. The van der Waals surface area contributed by atoms with Gasteiger partial charge in [-0.3, -0.25) is 0 Å². The van der Waals surface area contributed by atoms with Crippen LogP contribution in [-0.4, -0.2) is 32.5 Å². The van der Waals surface area contributed by atoms with E-state index >= 15 is 0 Å². The molecule has 1 unspecified atom stereocenters. The van der Waals surface area contributed by atoms with Crippen molar-refractivity contribution < 1.29 is 8.42 Å².